The molecule has 15 heteroatoms. The van der Waals surface area contributed by atoms with Crippen molar-refractivity contribution in [1.29, 1.82) is 0 Å². The van der Waals surface area contributed by atoms with Crippen LogP contribution >= 0.6 is 0 Å². The highest BCUT2D eigenvalue weighted by Gasteiger charge is 2.29. The molecule has 2 aromatic carbocycles. The molecule has 0 aromatic heterocycles. The van der Waals surface area contributed by atoms with E-state index < -0.39 is 89.7 Å². The average molecular weight is 621 g/mol. The van der Waals surface area contributed by atoms with Crippen LogP contribution in [0.2, 0.25) is 0 Å². The van der Waals surface area contributed by atoms with Crippen LogP contribution in [0.4, 0.5) is 0 Å². The molecule has 0 radical (unpaired) electrons. The van der Waals surface area contributed by atoms with E-state index in [1.165, 1.54) is 0 Å². The van der Waals surface area contributed by atoms with Crippen LogP contribution in [-0.4, -0.2) is 76.6 Å². The molecule has 0 saturated heterocycles. The summed E-state index contributed by atoms with van der Waals surface area (Å²) >= 11 is 0. The number of benzene rings is 2. The fourth-order valence-corrected chi connectivity index (χ4v) is 5.44. The minimum Gasteiger partial charge on any atom is -0.480 e. The van der Waals surface area contributed by atoms with E-state index in [-0.39, 0.29) is 24.7 Å². The number of sulfone groups is 1. The van der Waals surface area contributed by atoms with Gasteiger partial charge in [0.15, 0.2) is 0 Å². The minimum atomic E-state index is -4.62. The van der Waals surface area contributed by atoms with Gasteiger partial charge >= 0.3 is 23.9 Å². The van der Waals surface area contributed by atoms with Crippen LogP contribution in [0.5, 0.6) is 0 Å². The monoisotopic (exact) mass is 620 g/mol. The Balaban J connectivity index is 2.52. The van der Waals surface area contributed by atoms with E-state index in [1.54, 1.807) is 27.7 Å². The second-order valence-corrected chi connectivity index (χ2v) is 12.5. The second kappa shape index (κ2) is 13.9. The molecule has 6 N–H and O–H groups in total. The van der Waals surface area contributed by atoms with Crippen molar-refractivity contribution in [1.82, 2.24) is 10.6 Å². The van der Waals surface area contributed by atoms with E-state index in [0.717, 1.165) is 24.3 Å². The summed E-state index contributed by atoms with van der Waals surface area (Å²) in [5, 5.41) is 42.6. The zero-order valence-electron chi connectivity index (χ0n) is 23.7. The van der Waals surface area contributed by atoms with Crippen molar-refractivity contribution >= 4 is 45.5 Å². The molecule has 0 heterocycles. The summed E-state index contributed by atoms with van der Waals surface area (Å²) < 4.78 is 26.8. The van der Waals surface area contributed by atoms with Crippen LogP contribution < -0.4 is 10.6 Å². The Morgan fingerprint density at radius 1 is 0.605 bits per heavy atom. The summed E-state index contributed by atoms with van der Waals surface area (Å²) in [5.74, 6) is -8.44. The van der Waals surface area contributed by atoms with Gasteiger partial charge in [-0.15, -0.1) is 0 Å². The molecule has 232 valence electrons. The average Bonchev–Trinajstić information content (AvgIpc) is 2.90. The number of aromatic carboxylic acids is 2. The van der Waals surface area contributed by atoms with Crippen LogP contribution in [0, 0.1) is 11.8 Å². The number of rotatable bonds is 14. The molecule has 2 rings (SSSR count). The Bertz CT molecular complexity index is 1450. The lowest BCUT2D eigenvalue weighted by Crippen LogP contribution is -2.42. The van der Waals surface area contributed by atoms with Gasteiger partial charge in [0, 0.05) is 0 Å². The Labute approximate surface area is 246 Å². The van der Waals surface area contributed by atoms with Gasteiger partial charge in [0.25, 0.3) is 11.8 Å². The predicted molar refractivity (Wildman–Crippen MR) is 149 cm³/mol. The van der Waals surface area contributed by atoms with Crippen molar-refractivity contribution in [2.45, 2.75) is 62.4 Å². The number of carboxylic acids is 4. The molecule has 2 amide bonds. The minimum absolute atomic E-state index is 0.0462. The highest BCUT2D eigenvalue weighted by atomic mass is 32.2. The van der Waals surface area contributed by atoms with Gasteiger partial charge in [-0.1, -0.05) is 27.7 Å². The first-order valence-electron chi connectivity index (χ1n) is 12.9. The van der Waals surface area contributed by atoms with Gasteiger partial charge in [0.2, 0.25) is 9.84 Å². The Kier molecular flexibility index (Phi) is 11.1. The summed E-state index contributed by atoms with van der Waals surface area (Å²) in [5.41, 5.74) is -2.53. The normalized spacial score (nSPS) is 12.8. The van der Waals surface area contributed by atoms with Gasteiger partial charge in [-0.2, -0.15) is 0 Å². The maximum absolute atomic E-state index is 13.4. The third-order valence-corrected chi connectivity index (χ3v) is 7.92. The number of carbonyl (C=O) groups excluding carboxylic acids is 2. The van der Waals surface area contributed by atoms with Crippen molar-refractivity contribution in [2.24, 2.45) is 11.8 Å². The SMILES string of the molecule is CC(C)C[C@H](NC(=O)c1ccc(S(=O)(=O)c2ccc(C(=O)N[C@@H](CC(C)C)C(=O)O)c(C(=O)O)c2)cc1C(=O)O)C(=O)O. The summed E-state index contributed by atoms with van der Waals surface area (Å²) in [6.45, 7) is 6.88. The van der Waals surface area contributed by atoms with Crippen molar-refractivity contribution in [3.05, 3.63) is 58.7 Å². The first-order chi connectivity index (χ1) is 19.9. The number of carboxylic acid groups (broad SMARTS) is 4. The Hall–Kier alpha value is -4.79. The van der Waals surface area contributed by atoms with E-state index in [0.29, 0.717) is 12.1 Å². The van der Waals surface area contributed by atoms with Crippen molar-refractivity contribution in [3.63, 3.8) is 0 Å². The van der Waals surface area contributed by atoms with E-state index in [2.05, 4.69) is 10.6 Å². The number of hydrogen-bond donors (Lipinski definition) is 6. The lowest BCUT2D eigenvalue weighted by Gasteiger charge is -2.18. The standard InChI is InChI=1S/C28H32N2O12S/c1-13(2)9-21(27(37)38)29-23(31)17-7-5-15(11-19(17)25(33)34)43(41,42)16-6-8-18(20(12-16)26(35)36)24(32)30-22(28(39)40)10-14(3)4/h5-8,11-14,21-22H,9-10H2,1-4H3,(H,29,31)(H,30,32)(H,33,34)(H,35,36)(H,37,38)(H,39,40)/t21-,22-/m0/s1. The van der Waals surface area contributed by atoms with Gasteiger partial charge in [-0.3, -0.25) is 9.59 Å². The second-order valence-electron chi connectivity index (χ2n) is 10.5. The topological polar surface area (TPSA) is 242 Å². The fraction of sp³-hybridized carbons (Fsp3) is 0.357. The lowest BCUT2D eigenvalue weighted by atomic mass is 10.0. The molecule has 43 heavy (non-hydrogen) atoms. The quantitative estimate of drug-likeness (QED) is 0.178. The third-order valence-electron chi connectivity index (χ3n) is 6.17. The zero-order chi connectivity index (χ0) is 32.8. The van der Waals surface area contributed by atoms with Crippen LogP contribution in [0.3, 0.4) is 0 Å². The molecule has 0 bridgehead atoms. The van der Waals surface area contributed by atoms with Crippen molar-refractivity contribution < 1.29 is 57.6 Å². The first kappa shape index (κ1) is 34.4. The van der Waals surface area contributed by atoms with Gasteiger partial charge < -0.3 is 31.1 Å². The van der Waals surface area contributed by atoms with E-state index in [9.17, 15) is 57.6 Å². The molecule has 0 aliphatic rings. The highest BCUT2D eigenvalue weighted by Crippen LogP contribution is 2.26. The Morgan fingerprint density at radius 2 is 0.930 bits per heavy atom. The molecule has 14 nitrogen and oxygen atoms in total. The van der Waals surface area contributed by atoms with Crippen molar-refractivity contribution in [3.8, 4) is 0 Å². The van der Waals surface area contributed by atoms with Gasteiger partial charge in [0.05, 0.1) is 32.0 Å². The Morgan fingerprint density at radius 3 is 1.19 bits per heavy atom. The zero-order valence-corrected chi connectivity index (χ0v) is 24.5. The van der Waals surface area contributed by atoms with Gasteiger partial charge in [-0.05, 0) is 61.1 Å². The third kappa shape index (κ3) is 8.61. The molecule has 0 fully saturated rings. The maximum Gasteiger partial charge on any atom is 0.336 e. The lowest BCUT2D eigenvalue weighted by molar-refractivity contribution is -0.140. The van der Waals surface area contributed by atoms with Crippen LogP contribution in [-0.2, 0) is 19.4 Å². The number of carbonyl (C=O) groups is 6. The van der Waals surface area contributed by atoms with E-state index in [4.69, 9.17) is 0 Å². The van der Waals surface area contributed by atoms with Crippen molar-refractivity contribution in [2.75, 3.05) is 0 Å². The molecule has 2 aromatic rings. The molecule has 0 unspecified atom stereocenters. The number of amides is 2. The fourth-order valence-electron chi connectivity index (χ4n) is 4.12. The number of aliphatic carboxylic acids is 2. The molecular weight excluding hydrogens is 588 g/mol. The molecule has 0 saturated carbocycles. The molecule has 2 atom stereocenters. The van der Waals surface area contributed by atoms with E-state index in [1.807, 2.05) is 0 Å². The van der Waals surface area contributed by atoms with Crippen LogP contribution in [0.25, 0.3) is 0 Å². The largest absolute Gasteiger partial charge is 0.480 e. The molecule has 0 spiro atoms. The van der Waals surface area contributed by atoms with Gasteiger partial charge in [-0.25, -0.2) is 27.6 Å². The highest BCUT2D eigenvalue weighted by molar-refractivity contribution is 7.91. The molecular formula is C28H32N2O12S. The maximum atomic E-state index is 13.4. The van der Waals surface area contributed by atoms with E-state index >= 15 is 0 Å². The molecule has 0 aliphatic carbocycles. The molecule has 0 aliphatic heterocycles. The summed E-state index contributed by atoms with van der Waals surface area (Å²) in [4.78, 5) is 71.2. The summed E-state index contributed by atoms with van der Waals surface area (Å²) in [6.07, 6.45) is 0.0924. The predicted octanol–water partition coefficient (Wildman–Crippen LogP) is 2.37. The van der Waals surface area contributed by atoms with Gasteiger partial charge in [0.1, 0.15) is 12.1 Å². The number of hydrogen-bond acceptors (Lipinski definition) is 8. The summed E-state index contributed by atoms with van der Waals surface area (Å²) in [7, 11) is -4.62. The smallest absolute Gasteiger partial charge is 0.336 e. The van der Waals surface area contributed by atoms with Crippen LogP contribution in [0.1, 0.15) is 82.0 Å². The number of nitrogens with one attached hydrogen (secondary N) is 2. The first-order valence-corrected chi connectivity index (χ1v) is 14.4. The summed E-state index contributed by atoms with van der Waals surface area (Å²) in [6, 6.07) is 2.27. The van der Waals surface area contributed by atoms with Crippen LogP contribution in [0.15, 0.2) is 46.2 Å².